The summed E-state index contributed by atoms with van der Waals surface area (Å²) in [5.74, 6) is 0.166. The Morgan fingerprint density at radius 1 is 1.50 bits per heavy atom. The number of nitriles is 1. The van der Waals surface area contributed by atoms with Crippen LogP contribution in [0, 0.1) is 24.2 Å². The highest BCUT2D eigenvalue weighted by atomic mass is 15.2. The normalized spacial score (nSPS) is 19.6. The van der Waals surface area contributed by atoms with Gasteiger partial charge in [-0.3, -0.25) is 4.98 Å². The molecule has 4 heteroatoms. The van der Waals surface area contributed by atoms with E-state index in [4.69, 9.17) is 5.26 Å². The van der Waals surface area contributed by atoms with Crippen LogP contribution in [0.1, 0.15) is 30.5 Å². The summed E-state index contributed by atoms with van der Waals surface area (Å²) in [5.41, 5.74) is 4.49. The Morgan fingerprint density at radius 2 is 2.39 bits per heavy atom. The molecule has 3 rings (SSSR count). The fourth-order valence-corrected chi connectivity index (χ4v) is 2.49. The summed E-state index contributed by atoms with van der Waals surface area (Å²) in [6.45, 7) is 2.05. The maximum absolute atomic E-state index is 8.92. The molecule has 0 aromatic carbocycles. The Labute approximate surface area is 106 Å². The number of rotatable bonds is 1. The second kappa shape index (κ2) is 4.26. The number of hydrogen-bond donors (Lipinski definition) is 0. The first-order valence-electron chi connectivity index (χ1n) is 6.17. The molecule has 0 aliphatic heterocycles. The number of allylic oxidation sites excluding steroid dienone is 2. The van der Waals surface area contributed by atoms with Crippen LogP contribution in [-0.2, 0) is 0 Å². The SMILES string of the molecule is Cc1cnn2ccnc(C3=CCC(C#N)CC3)c12. The van der Waals surface area contributed by atoms with Crippen molar-refractivity contribution in [3.63, 3.8) is 0 Å². The molecule has 2 aromatic rings. The molecule has 4 nitrogen and oxygen atoms in total. The Kier molecular flexibility index (Phi) is 2.60. The minimum absolute atomic E-state index is 0.166. The molecular weight excluding hydrogens is 224 g/mol. The maximum atomic E-state index is 8.92. The lowest BCUT2D eigenvalue weighted by molar-refractivity contribution is 0.603. The van der Waals surface area contributed by atoms with E-state index in [0.29, 0.717) is 0 Å². The van der Waals surface area contributed by atoms with Crippen LogP contribution >= 0.6 is 0 Å². The van der Waals surface area contributed by atoms with Crippen LogP contribution in [0.4, 0.5) is 0 Å². The molecular formula is C14H14N4. The molecule has 90 valence electrons. The lowest BCUT2D eigenvalue weighted by Crippen LogP contribution is -2.05. The highest BCUT2D eigenvalue weighted by Gasteiger charge is 2.18. The zero-order valence-electron chi connectivity index (χ0n) is 10.3. The Bertz CT molecular complexity index is 660. The third-order valence-corrected chi connectivity index (χ3v) is 3.51. The van der Waals surface area contributed by atoms with E-state index in [1.807, 2.05) is 16.9 Å². The number of hydrogen-bond acceptors (Lipinski definition) is 3. The minimum Gasteiger partial charge on any atom is -0.253 e. The van der Waals surface area contributed by atoms with Crippen molar-refractivity contribution in [2.45, 2.75) is 26.2 Å². The van der Waals surface area contributed by atoms with Gasteiger partial charge in [0.1, 0.15) is 0 Å². The van der Waals surface area contributed by atoms with E-state index in [1.54, 1.807) is 6.20 Å². The Morgan fingerprint density at radius 3 is 3.11 bits per heavy atom. The van der Waals surface area contributed by atoms with E-state index >= 15 is 0 Å². The number of fused-ring (bicyclic) bond motifs is 1. The molecule has 0 saturated carbocycles. The Hall–Kier alpha value is -2.15. The van der Waals surface area contributed by atoms with Crippen LogP contribution in [0.5, 0.6) is 0 Å². The van der Waals surface area contributed by atoms with Crippen molar-refractivity contribution in [2.24, 2.45) is 5.92 Å². The monoisotopic (exact) mass is 238 g/mol. The molecule has 1 atom stereocenters. The third-order valence-electron chi connectivity index (χ3n) is 3.51. The summed E-state index contributed by atoms with van der Waals surface area (Å²) >= 11 is 0. The molecule has 1 aliphatic carbocycles. The number of aryl methyl sites for hydroxylation is 1. The minimum atomic E-state index is 0.166. The van der Waals surface area contributed by atoms with Gasteiger partial charge in [0.2, 0.25) is 0 Å². The zero-order chi connectivity index (χ0) is 12.5. The van der Waals surface area contributed by atoms with E-state index in [0.717, 1.165) is 36.0 Å². The molecule has 0 bridgehead atoms. The smallest absolute Gasteiger partial charge is 0.0950 e. The van der Waals surface area contributed by atoms with Gasteiger partial charge in [-0.1, -0.05) is 6.08 Å². The van der Waals surface area contributed by atoms with E-state index in [1.165, 1.54) is 5.57 Å². The van der Waals surface area contributed by atoms with Gasteiger partial charge in [0.25, 0.3) is 0 Å². The van der Waals surface area contributed by atoms with Gasteiger partial charge in [-0.2, -0.15) is 10.4 Å². The van der Waals surface area contributed by atoms with Crippen molar-refractivity contribution >= 4 is 11.1 Å². The second-order valence-electron chi connectivity index (χ2n) is 4.73. The van der Waals surface area contributed by atoms with E-state index < -0.39 is 0 Å². The molecule has 0 amide bonds. The van der Waals surface area contributed by atoms with Gasteiger partial charge in [-0.25, -0.2) is 4.52 Å². The average molecular weight is 238 g/mol. The third kappa shape index (κ3) is 1.68. The van der Waals surface area contributed by atoms with Crippen molar-refractivity contribution in [3.05, 3.63) is 35.9 Å². The molecule has 0 N–H and O–H groups in total. The molecule has 0 radical (unpaired) electrons. The van der Waals surface area contributed by atoms with Gasteiger partial charge >= 0.3 is 0 Å². The predicted octanol–water partition coefficient (Wildman–Crippen LogP) is 2.74. The van der Waals surface area contributed by atoms with Gasteiger partial charge in [0.15, 0.2) is 0 Å². The van der Waals surface area contributed by atoms with E-state index in [9.17, 15) is 0 Å². The summed E-state index contributed by atoms with van der Waals surface area (Å²) < 4.78 is 1.87. The molecule has 18 heavy (non-hydrogen) atoms. The van der Waals surface area contributed by atoms with Gasteiger partial charge < -0.3 is 0 Å². The van der Waals surface area contributed by atoms with Crippen LogP contribution in [0.2, 0.25) is 0 Å². The second-order valence-corrected chi connectivity index (χ2v) is 4.73. The number of nitrogens with zero attached hydrogens (tertiary/aromatic N) is 4. The van der Waals surface area contributed by atoms with Crippen LogP contribution in [0.3, 0.4) is 0 Å². The average Bonchev–Trinajstić information content (AvgIpc) is 2.81. The first-order valence-corrected chi connectivity index (χ1v) is 6.17. The first kappa shape index (κ1) is 11.0. The quantitative estimate of drug-likeness (QED) is 0.767. The van der Waals surface area contributed by atoms with Crippen LogP contribution in [0.15, 0.2) is 24.7 Å². The maximum Gasteiger partial charge on any atom is 0.0950 e. The highest BCUT2D eigenvalue weighted by Crippen LogP contribution is 2.31. The van der Waals surface area contributed by atoms with Gasteiger partial charge in [0.05, 0.1) is 29.4 Å². The standard InChI is InChI=1S/C14H14N4/c1-10-9-17-18-7-6-16-13(14(10)18)12-4-2-11(8-15)3-5-12/h4,6-7,9,11H,2-3,5H2,1H3. The van der Waals surface area contributed by atoms with Gasteiger partial charge in [-0.05, 0) is 37.3 Å². The highest BCUT2D eigenvalue weighted by molar-refractivity contribution is 5.77. The Balaban J connectivity index is 2.08. The largest absolute Gasteiger partial charge is 0.253 e. The molecule has 2 aromatic heterocycles. The summed E-state index contributed by atoms with van der Waals surface area (Å²) in [4.78, 5) is 4.50. The summed E-state index contributed by atoms with van der Waals surface area (Å²) in [5, 5.41) is 13.2. The lowest BCUT2D eigenvalue weighted by Gasteiger charge is -2.16. The molecule has 0 fully saturated rings. The van der Waals surface area contributed by atoms with Gasteiger partial charge in [0, 0.05) is 12.4 Å². The first-order chi connectivity index (χ1) is 8.79. The predicted molar refractivity (Wildman–Crippen MR) is 68.7 cm³/mol. The zero-order valence-corrected chi connectivity index (χ0v) is 10.3. The number of aromatic nitrogens is 3. The van der Waals surface area contributed by atoms with Crippen molar-refractivity contribution in [1.82, 2.24) is 14.6 Å². The molecule has 0 saturated heterocycles. The summed E-state index contributed by atoms with van der Waals surface area (Å²) in [6, 6.07) is 2.34. The molecule has 1 aliphatic rings. The van der Waals surface area contributed by atoms with E-state index in [2.05, 4.69) is 29.2 Å². The van der Waals surface area contributed by atoms with Crippen LogP contribution in [0.25, 0.3) is 11.1 Å². The lowest BCUT2D eigenvalue weighted by atomic mass is 9.89. The van der Waals surface area contributed by atoms with Crippen LogP contribution < -0.4 is 0 Å². The molecule has 1 unspecified atom stereocenters. The molecule has 0 spiro atoms. The van der Waals surface area contributed by atoms with Crippen molar-refractivity contribution < 1.29 is 0 Å². The van der Waals surface area contributed by atoms with Gasteiger partial charge in [-0.15, -0.1) is 0 Å². The molecule has 2 heterocycles. The summed E-state index contributed by atoms with van der Waals surface area (Å²) in [6.07, 6.45) is 10.4. The summed E-state index contributed by atoms with van der Waals surface area (Å²) in [7, 11) is 0. The fourth-order valence-electron chi connectivity index (χ4n) is 2.49. The van der Waals surface area contributed by atoms with Crippen molar-refractivity contribution in [3.8, 4) is 6.07 Å². The van der Waals surface area contributed by atoms with Crippen LogP contribution in [-0.4, -0.2) is 14.6 Å². The van der Waals surface area contributed by atoms with Crippen molar-refractivity contribution in [2.75, 3.05) is 0 Å². The van der Waals surface area contributed by atoms with Crippen molar-refractivity contribution in [1.29, 1.82) is 5.26 Å². The topological polar surface area (TPSA) is 54.0 Å². The fraction of sp³-hybridized carbons (Fsp3) is 0.357. The van der Waals surface area contributed by atoms with E-state index in [-0.39, 0.29) is 5.92 Å².